The molecule has 1 aliphatic heterocycles. The van der Waals surface area contributed by atoms with Crippen molar-refractivity contribution in [2.24, 2.45) is 5.92 Å². The van der Waals surface area contributed by atoms with Crippen molar-refractivity contribution in [2.75, 3.05) is 19.6 Å². The maximum atomic E-state index is 10.0. The number of nitrogens with zero attached hydrogens (tertiary/aromatic N) is 2. The summed E-state index contributed by atoms with van der Waals surface area (Å²) in [5, 5.41) is 10.9. The first-order valence-corrected chi connectivity index (χ1v) is 11.8. The topological polar surface area (TPSA) is 36.4 Å². The van der Waals surface area contributed by atoms with E-state index < -0.39 is 0 Å². The van der Waals surface area contributed by atoms with Crippen molar-refractivity contribution in [3.05, 3.63) is 93.6 Å². The molecule has 2 atom stereocenters. The number of likely N-dealkylation sites (tertiary alicyclic amines) is 1. The predicted octanol–water partition coefficient (Wildman–Crippen LogP) is 5.53. The van der Waals surface area contributed by atoms with Crippen molar-refractivity contribution in [3.63, 3.8) is 0 Å². The molecule has 3 nitrogen and oxygen atoms in total. The summed E-state index contributed by atoms with van der Waals surface area (Å²) in [5.74, 6) is 1.31. The van der Waals surface area contributed by atoms with E-state index in [1.807, 2.05) is 12.1 Å². The summed E-state index contributed by atoms with van der Waals surface area (Å²) in [6, 6.07) is 19.5. The highest BCUT2D eigenvalue weighted by Crippen LogP contribution is 2.60. The summed E-state index contributed by atoms with van der Waals surface area (Å²) in [4.78, 5) is 6.70. The fourth-order valence-electron chi connectivity index (χ4n) is 6.45. The highest BCUT2D eigenvalue weighted by Gasteiger charge is 2.53. The van der Waals surface area contributed by atoms with Gasteiger partial charge in [0.15, 0.2) is 0 Å². The van der Waals surface area contributed by atoms with Gasteiger partial charge in [0.05, 0.1) is 0 Å². The zero-order valence-electron chi connectivity index (χ0n) is 17.6. The molecule has 4 heteroatoms. The molecule has 2 bridgehead atoms. The number of piperidine rings is 1. The van der Waals surface area contributed by atoms with E-state index in [1.54, 1.807) is 6.20 Å². The van der Waals surface area contributed by atoms with Gasteiger partial charge in [0.1, 0.15) is 0 Å². The normalized spacial score (nSPS) is 24.9. The molecule has 1 aromatic heterocycles. The molecular formula is C27H27ClN2O. The Morgan fingerprint density at radius 3 is 2.65 bits per heavy atom. The molecule has 0 saturated carbocycles. The average molecular weight is 431 g/mol. The first kappa shape index (κ1) is 19.3. The Labute approximate surface area is 188 Å². The van der Waals surface area contributed by atoms with Crippen LogP contribution in [0, 0.1) is 5.92 Å². The second-order valence-electron chi connectivity index (χ2n) is 9.57. The second-order valence-corrected chi connectivity index (χ2v) is 10.0. The number of aromatic hydroxyl groups is 1. The number of fused-ring (bicyclic) bond motifs is 8. The third kappa shape index (κ3) is 3.09. The van der Waals surface area contributed by atoms with Crippen LogP contribution in [0.3, 0.4) is 0 Å². The molecule has 158 valence electrons. The van der Waals surface area contributed by atoms with Crippen molar-refractivity contribution >= 4 is 11.6 Å². The number of halogens is 1. The minimum absolute atomic E-state index is 0.0654. The van der Waals surface area contributed by atoms with Crippen molar-refractivity contribution in [1.29, 1.82) is 0 Å². The molecule has 1 fully saturated rings. The van der Waals surface area contributed by atoms with Gasteiger partial charge in [-0.2, -0.15) is 0 Å². The lowest BCUT2D eigenvalue weighted by molar-refractivity contribution is 0.158. The predicted molar refractivity (Wildman–Crippen MR) is 124 cm³/mol. The van der Waals surface area contributed by atoms with Gasteiger partial charge in [-0.15, -0.1) is 0 Å². The lowest BCUT2D eigenvalue weighted by Crippen LogP contribution is -2.44. The molecule has 0 amide bonds. The quantitative estimate of drug-likeness (QED) is 0.591. The third-order valence-corrected chi connectivity index (χ3v) is 8.12. The molecule has 0 spiro atoms. The van der Waals surface area contributed by atoms with Gasteiger partial charge in [-0.1, -0.05) is 48.0 Å². The Kier molecular flexibility index (Phi) is 4.59. The van der Waals surface area contributed by atoms with Gasteiger partial charge in [0.25, 0.3) is 0 Å². The number of hydrogen-bond acceptors (Lipinski definition) is 3. The maximum absolute atomic E-state index is 10.0. The van der Waals surface area contributed by atoms with Crippen LogP contribution in [0.1, 0.15) is 53.0 Å². The van der Waals surface area contributed by atoms with Gasteiger partial charge < -0.3 is 10.0 Å². The Morgan fingerprint density at radius 2 is 1.81 bits per heavy atom. The van der Waals surface area contributed by atoms with Crippen LogP contribution in [0.15, 0.2) is 60.8 Å². The number of hydrogen-bond donors (Lipinski definition) is 1. The molecule has 2 heterocycles. The number of aromatic nitrogens is 1. The van der Waals surface area contributed by atoms with Crippen LogP contribution in [0.2, 0.25) is 5.02 Å². The van der Waals surface area contributed by atoms with E-state index in [0.717, 1.165) is 49.5 Å². The van der Waals surface area contributed by atoms with E-state index in [4.69, 9.17) is 11.6 Å². The highest BCUT2D eigenvalue weighted by atomic mass is 35.5. The van der Waals surface area contributed by atoms with Crippen LogP contribution in [0.4, 0.5) is 0 Å². The fraction of sp³-hybridized carbons (Fsp3) is 0.370. The number of pyridine rings is 1. The second kappa shape index (κ2) is 7.36. The van der Waals surface area contributed by atoms with Gasteiger partial charge in [0, 0.05) is 34.7 Å². The SMILES string of the molecule is Oc1ncccc1CC1CCN(C[C@@]23C[C@H](c4ccccc42)c2ccc(Cl)cc23)CC1. The van der Waals surface area contributed by atoms with Crippen LogP contribution < -0.4 is 0 Å². The lowest BCUT2D eigenvalue weighted by atomic mass is 9.74. The molecule has 0 radical (unpaired) electrons. The Balaban J connectivity index is 1.23. The molecule has 31 heavy (non-hydrogen) atoms. The standard InChI is InChI=1S/C27H27ClN2O/c28-20-7-8-22-23-16-27(25(22)15-20,24-6-2-1-5-21(23)24)17-30-12-9-18(10-13-30)14-19-4-3-11-29-26(19)31/h1-8,11,15,18,23H,9-10,12-14,16-17H2,(H,29,31)/t23-,27+/m1/s1. The fourth-order valence-corrected chi connectivity index (χ4v) is 6.62. The average Bonchev–Trinajstić information content (AvgIpc) is 3.28. The molecule has 6 rings (SSSR count). The molecule has 3 aromatic rings. The van der Waals surface area contributed by atoms with Crippen LogP contribution in [0.25, 0.3) is 0 Å². The van der Waals surface area contributed by atoms with E-state index in [1.165, 1.54) is 28.7 Å². The Bertz CT molecular complexity index is 1140. The maximum Gasteiger partial charge on any atom is 0.213 e. The third-order valence-electron chi connectivity index (χ3n) is 7.89. The first-order chi connectivity index (χ1) is 15.1. The number of rotatable bonds is 4. The van der Waals surface area contributed by atoms with Crippen molar-refractivity contribution < 1.29 is 5.11 Å². The minimum Gasteiger partial charge on any atom is -0.493 e. The van der Waals surface area contributed by atoms with Crippen molar-refractivity contribution in [2.45, 2.75) is 37.0 Å². The summed E-state index contributed by atoms with van der Waals surface area (Å²) >= 11 is 6.46. The molecule has 2 aromatic carbocycles. The Morgan fingerprint density at radius 1 is 1.00 bits per heavy atom. The molecule has 1 saturated heterocycles. The van der Waals surface area contributed by atoms with Crippen LogP contribution in [-0.4, -0.2) is 34.6 Å². The van der Waals surface area contributed by atoms with Crippen LogP contribution >= 0.6 is 11.6 Å². The molecule has 0 unspecified atom stereocenters. The first-order valence-electron chi connectivity index (χ1n) is 11.4. The van der Waals surface area contributed by atoms with E-state index in [2.05, 4.69) is 52.3 Å². The van der Waals surface area contributed by atoms with Crippen LogP contribution in [-0.2, 0) is 11.8 Å². The summed E-state index contributed by atoms with van der Waals surface area (Å²) in [6.45, 7) is 3.28. The zero-order valence-corrected chi connectivity index (χ0v) is 18.4. The van der Waals surface area contributed by atoms with Gasteiger partial charge in [0.2, 0.25) is 5.88 Å². The van der Waals surface area contributed by atoms with E-state index in [9.17, 15) is 5.11 Å². The highest BCUT2D eigenvalue weighted by molar-refractivity contribution is 6.30. The summed E-state index contributed by atoms with van der Waals surface area (Å²) in [5.41, 5.74) is 7.00. The van der Waals surface area contributed by atoms with Crippen LogP contribution in [0.5, 0.6) is 5.88 Å². The van der Waals surface area contributed by atoms with E-state index >= 15 is 0 Å². The summed E-state index contributed by atoms with van der Waals surface area (Å²) in [7, 11) is 0. The van der Waals surface area contributed by atoms with Crippen molar-refractivity contribution in [3.8, 4) is 5.88 Å². The zero-order chi connectivity index (χ0) is 21.0. The van der Waals surface area contributed by atoms with E-state index in [0.29, 0.717) is 11.8 Å². The van der Waals surface area contributed by atoms with Gasteiger partial charge in [-0.05, 0) is 85.1 Å². The largest absolute Gasteiger partial charge is 0.493 e. The molecule has 2 aliphatic carbocycles. The molecular weight excluding hydrogens is 404 g/mol. The monoisotopic (exact) mass is 430 g/mol. The minimum atomic E-state index is 0.0654. The van der Waals surface area contributed by atoms with Gasteiger partial charge in [-0.3, -0.25) is 0 Å². The van der Waals surface area contributed by atoms with Crippen molar-refractivity contribution in [1.82, 2.24) is 9.88 Å². The summed E-state index contributed by atoms with van der Waals surface area (Å²) in [6.07, 6.45) is 6.07. The molecule has 1 N–H and O–H groups in total. The van der Waals surface area contributed by atoms with E-state index in [-0.39, 0.29) is 11.3 Å². The Hall–Kier alpha value is -2.36. The van der Waals surface area contributed by atoms with Gasteiger partial charge in [-0.25, -0.2) is 4.98 Å². The summed E-state index contributed by atoms with van der Waals surface area (Å²) < 4.78 is 0. The lowest BCUT2D eigenvalue weighted by Gasteiger charge is -2.40. The molecule has 3 aliphatic rings. The van der Waals surface area contributed by atoms with Gasteiger partial charge >= 0.3 is 0 Å². The smallest absolute Gasteiger partial charge is 0.213 e. The number of benzene rings is 2.